The molecular formula is C10H22O6S2. The molecule has 1 atom stereocenters. The standard InChI is InChI=1S/C10H22O6S2/c1-3-4-5-6-7-8-9-10(2)16-18(14,15)17(11,12)13/h10H,3-9H2,1-2H3,(H,11,12,13). The third-order valence-electron chi connectivity index (χ3n) is 2.50. The van der Waals surface area contributed by atoms with Crippen LogP contribution in [-0.2, 0) is 22.5 Å². The molecule has 0 spiro atoms. The Morgan fingerprint density at radius 3 is 2.00 bits per heavy atom. The van der Waals surface area contributed by atoms with Crippen LogP contribution >= 0.6 is 0 Å². The Kier molecular flexibility index (Phi) is 8.00. The van der Waals surface area contributed by atoms with Gasteiger partial charge in [0.1, 0.15) is 0 Å². The lowest BCUT2D eigenvalue weighted by atomic mass is 10.1. The van der Waals surface area contributed by atoms with Crippen LogP contribution in [0.3, 0.4) is 0 Å². The molecule has 1 N–H and O–H groups in total. The average Bonchev–Trinajstić information content (AvgIpc) is 2.20. The van der Waals surface area contributed by atoms with Crippen LogP contribution in [0.5, 0.6) is 0 Å². The van der Waals surface area contributed by atoms with Crippen molar-refractivity contribution in [3.05, 3.63) is 0 Å². The molecule has 0 aliphatic heterocycles. The van der Waals surface area contributed by atoms with Gasteiger partial charge in [-0.1, -0.05) is 45.4 Å². The zero-order valence-corrected chi connectivity index (χ0v) is 12.5. The lowest BCUT2D eigenvalue weighted by molar-refractivity contribution is 0.218. The molecule has 0 bridgehead atoms. The molecule has 0 saturated heterocycles. The van der Waals surface area contributed by atoms with Crippen molar-refractivity contribution in [2.45, 2.75) is 64.9 Å². The van der Waals surface area contributed by atoms with Gasteiger partial charge < -0.3 is 0 Å². The maximum Gasteiger partial charge on any atom is 0.400 e. The predicted molar refractivity (Wildman–Crippen MR) is 69.0 cm³/mol. The van der Waals surface area contributed by atoms with Gasteiger partial charge in [-0.3, -0.25) is 8.74 Å². The SMILES string of the molecule is CCCCCCCCC(C)OS(=O)(=O)S(=O)(=O)O. The number of hydrogen-bond donors (Lipinski definition) is 1. The normalized spacial score (nSPS) is 14.6. The fourth-order valence-corrected chi connectivity index (χ4v) is 2.81. The van der Waals surface area contributed by atoms with Crippen molar-refractivity contribution < 1.29 is 25.6 Å². The van der Waals surface area contributed by atoms with Crippen molar-refractivity contribution in [3.63, 3.8) is 0 Å². The van der Waals surface area contributed by atoms with Gasteiger partial charge in [0.25, 0.3) is 0 Å². The van der Waals surface area contributed by atoms with Crippen molar-refractivity contribution in [1.29, 1.82) is 0 Å². The van der Waals surface area contributed by atoms with Crippen molar-refractivity contribution >= 4 is 18.3 Å². The van der Waals surface area contributed by atoms with Gasteiger partial charge in [-0.25, -0.2) is 0 Å². The Morgan fingerprint density at radius 1 is 1.00 bits per heavy atom. The highest BCUT2D eigenvalue weighted by Gasteiger charge is 2.30. The summed E-state index contributed by atoms with van der Waals surface area (Å²) in [5.74, 6) is 0. The molecule has 110 valence electrons. The van der Waals surface area contributed by atoms with Crippen molar-refractivity contribution in [3.8, 4) is 0 Å². The van der Waals surface area contributed by atoms with E-state index in [1.54, 1.807) is 0 Å². The summed E-state index contributed by atoms with van der Waals surface area (Å²) in [4.78, 5) is 0. The van der Waals surface area contributed by atoms with Crippen LogP contribution in [0, 0.1) is 0 Å². The summed E-state index contributed by atoms with van der Waals surface area (Å²) in [6, 6.07) is 0. The lowest BCUT2D eigenvalue weighted by Gasteiger charge is -2.10. The first kappa shape index (κ1) is 17.8. The molecule has 0 rings (SSSR count). The van der Waals surface area contributed by atoms with Gasteiger partial charge in [-0.05, 0) is 13.3 Å². The largest absolute Gasteiger partial charge is 0.400 e. The van der Waals surface area contributed by atoms with E-state index >= 15 is 0 Å². The van der Waals surface area contributed by atoms with E-state index in [1.807, 2.05) is 0 Å². The smallest absolute Gasteiger partial charge is 0.272 e. The maximum absolute atomic E-state index is 11.0. The predicted octanol–water partition coefficient (Wildman–Crippen LogP) is 2.27. The van der Waals surface area contributed by atoms with Gasteiger partial charge in [0, 0.05) is 0 Å². The Bertz CT molecular complexity index is 412. The lowest BCUT2D eigenvalue weighted by Crippen LogP contribution is -2.22. The number of hydrogen-bond acceptors (Lipinski definition) is 5. The van der Waals surface area contributed by atoms with E-state index in [2.05, 4.69) is 11.1 Å². The summed E-state index contributed by atoms with van der Waals surface area (Å²) < 4.78 is 55.7. The quantitative estimate of drug-likeness (QED) is 0.377. The van der Waals surface area contributed by atoms with Crippen molar-refractivity contribution in [1.82, 2.24) is 0 Å². The fourth-order valence-electron chi connectivity index (χ4n) is 1.51. The molecule has 6 nitrogen and oxygen atoms in total. The van der Waals surface area contributed by atoms with Crippen LogP contribution in [0.2, 0.25) is 0 Å². The summed E-state index contributed by atoms with van der Waals surface area (Å²) in [5.41, 5.74) is 0. The van der Waals surface area contributed by atoms with Crippen molar-refractivity contribution in [2.75, 3.05) is 0 Å². The van der Waals surface area contributed by atoms with Crippen LogP contribution in [0.4, 0.5) is 0 Å². The molecule has 0 aromatic carbocycles. The van der Waals surface area contributed by atoms with Crippen molar-refractivity contribution in [2.24, 2.45) is 0 Å². The third-order valence-corrected chi connectivity index (χ3v) is 5.37. The molecule has 0 fully saturated rings. The second-order valence-electron chi connectivity index (χ2n) is 4.30. The average molecular weight is 302 g/mol. The molecule has 8 heteroatoms. The number of rotatable bonds is 10. The van der Waals surface area contributed by atoms with E-state index in [4.69, 9.17) is 4.55 Å². The van der Waals surface area contributed by atoms with Crippen LogP contribution in [-0.4, -0.2) is 27.5 Å². The Labute approximate surface area is 109 Å². The highest BCUT2D eigenvalue weighted by atomic mass is 33.2. The van der Waals surface area contributed by atoms with Gasteiger partial charge in [-0.15, -0.1) is 0 Å². The Hall–Kier alpha value is -0.180. The van der Waals surface area contributed by atoms with Gasteiger partial charge >= 0.3 is 18.3 Å². The Balaban J connectivity index is 3.89. The van der Waals surface area contributed by atoms with E-state index in [1.165, 1.54) is 13.3 Å². The molecule has 0 aromatic heterocycles. The van der Waals surface area contributed by atoms with Crippen LogP contribution < -0.4 is 0 Å². The molecule has 0 aliphatic carbocycles. The summed E-state index contributed by atoms with van der Waals surface area (Å²) in [6.45, 7) is 3.59. The molecule has 0 amide bonds. The maximum atomic E-state index is 11.0. The molecule has 18 heavy (non-hydrogen) atoms. The molecule has 0 radical (unpaired) electrons. The first-order valence-corrected chi connectivity index (χ1v) is 9.48. The van der Waals surface area contributed by atoms with E-state index in [9.17, 15) is 16.8 Å². The van der Waals surface area contributed by atoms with Gasteiger partial charge in [0.2, 0.25) is 0 Å². The summed E-state index contributed by atoms with van der Waals surface area (Å²) in [6.07, 6.45) is 5.99. The first-order valence-electron chi connectivity index (χ1n) is 6.11. The minimum atomic E-state index is -5.19. The molecule has 1 unspecified atom stereocenters. The minimum Gasteiger partial charge on any atom is -0.272 e. The highest BCUT2D eigenvalue weighted by molar-refractivity contribution is 8.63. The molecule has 0 heterocycles. The molecular weight excluding hydrogens is 280 g/mol. The molecule has 0 aliphatic rings. The zero-order chi connectivity index (χ0) is 14.2. The third kappa shape index (κ3) is 7.30. The monoisotopic (exact) mass is 302 g/mol. The summed E-state index contributed by atoms with van der Waals surface area (Å²) in [7, 11) is -10.1. The fraction of sp³-hybridized carbons (Fsp3) is 1.00. The van der Waals surface area contributed by atoms with E-state index in [-0.39, 0.29) is 0 Å². The van der Waals surface area contributed by atoms with Gasteiger partial charge in [0.15, 0.2) is 0 Å². The molecule has 0 saturated carbocycles. The zero-order valence-electron chi connectivity index (χ0n) is 10.8. The first-order chi connectivity index (χ1) is 8.20. The van der Waals surface area contributed by atoms with Crippen LogP contribution in [0.15, 0.2) is 0 Å². The summed E-state index contributed by atoms with van der Waals surface area (Å²) >= 11 is 0. The second-order valence-corrected chi connectivity index (χ2v) is 8.65. The van der Waals surface area contributed by atoms with Crippen LogP contribution in [0.25, 0.3) is 0 Å². The van der Waals surface area contributed by atoms with Crippen LogP contribution in [0.1, 0.15) is 58.8 Å². The topological polar surface area (TPSA) is 97.7 Å². The highest BCUT2D eigenvalue weighted by Crippen LogP contribution is 2.13. The van der Waals surface area contributed by atoms with E-state index < -0.39 is 24.4 Å². The van der Waals surface area contributed by atoms with E-state index in [0.29, 0.717) is 6.42 Å². The van der Waals surface area contributed by atoms with Gasteiger partial charge in [-0.2, -0.15) is 16.8 Å². The minimum absolute atomic E-state index is 0.445. The number of unbranched alkanes of at least 4 members (excludes halogenated alkanes) is 5. The molecule has 0 aromatic rings. The Morgan fingerprint density at radius 2 is 1.50 bits per heavy atom. The second kappa shape index (κ2) is 8.08. The van der Waals surface area contributed by atoms with Gasteiger partial charge in [0.05, 0.1) is 6.10 Å². The van der Waals surface area contributed by atoms with E-state index in [0.717, 1.165) is 32.1 Å². The summed E-state index contributed by atoms with van der Waals surface area (Å²) in [5, 5.41) is 0.